The molecule has 2 aromatic heterocycles. The molecule has 0 saturated heterocycles. The van der Waals surface area contributed by atoms with Gasteiger partial charge in [-0.15, -0.1) is 0 Å². The molecule has 2 rings (SSSR count). The fourth-order valence-electron chi connectivity index (χ4n) is 1.39. The van der Waals surface area contributed by atoms with Crippen molar-refractivity contribution in [1.29, 1.82) is 0 Å². The maximum atomic E-state index is 5.68. The maximum absolute atomic E-state index is 5.68. The van der Waals surface area contributed by atoms with Gasteiger partial charge in [-0.3, -0.25) is 0 Å². The van der Waals surface area contributed by atoms with Crippen LogP contribution in [0.3, 0.4) is 0 Å². The third-order valence-corrected chi connectivity index (χ3v) is 2.12. The minimum Gasteiger partial charge on any atom is -0.481 e. The summed E-state index contributed by atoms with van der Waals surface area (Å²) in [6.07, 6.45) is 1.68. The van der Waals surface area contributed by atoms with Crippen LogP contribution in [0.25, 0.3) is 11.1 Å². The predicted molar refractivity (Wildman–Crippen MR) is 55.4 cm³/mol. The third kappa shape index (κ3) is 1.63. The number of nitrogens with two attached hydrogens (primary N) is 1. The van der Waals surface area contributed by atoms with Crippen LogP contribution in [0.1, 0.15) is 5.76 Å². The average molecular weight is 205 g/mol. The topological polar surface area (TPSA) is 74.2 Å². The standard InChI is InChI=1S/C10H11N3O2/c1-6-9(10(11)13-15-6)7-3-4-8(14-2)12-5-7/h3-5H,1-2H3,(H2,11,13). The van der Waals surface area contributed by atoms with E-state index >= 15 is 0 Å². The minimum absolute atomic E-state index is 0.375. The van der Waals surface area contributed by atoms with Gasteiger partial charge >= 0.3 is 0 Å². The molecule has 0 atom stereocenters. The highest BCUT2D eigenvalue weighted by Gasteiger charge is 2.12. The molecular weight excluding hydrogens is 194 g/mol. The van der Waals surface area contributed by atoms with Gasteiger partial charge in [-0.05, 0) is 13.0 Å². The van der Waals surface area contributed by atoms with Crippen molar-refractivity contribution in [2.45, 2.75) is 6.92 Å². The summed E-state index contributed by atoms with van der Waals surface area (Å²) in [4.78, 5) is 4.09. The SMILES string of the molecule is COc1ccc(-c2c(N)noc2C)cn1. The van der Waals surface area contributed by atoms with Gasteiger partial charge in [0.15, 0.2) is 5.82 Å². The molecule has 0 unspecified atom stereocenters. The number of aryl methyl sites for hydroxylation is 1. The van der Waals surface area contributed by atoms with Crippen molar-refractivity contribution in [3.8, 4) is 17.0 Å². The maximum Gasteiger partial charge on any atom is 0.212 e. The van der Waals surface area contributed by atoms with Crippen LogP contribution in [0, 0.1) is 6.92 Å². The van der Waals surface area contributed by atoms with E-state index in [0.29, 0.717) is 17.5 Å². The van der Waals surface area contributed by atoms with Crippen LogP contribution in [-0.4, -0.2) is 17.3 Å². The quantitative estimate of drug-likeness (QED) is 0.806. The summed E-state index contributed by atoms with van der Waals surface area (Å²) < 4.78 is 9.94. The molecule has 0 spiro atoms. The summed E-state index contributed by atoms with van der Waals surface area (Å²) in [6.45, 7) is 1.81. The molecule has 0 bridgehead atoms. The number of hydrogen-bond acceptors (Lipinski definition) is 5. The van der Waals surface area contributed by atoms with E-state index in [4.69, 9.17) is 15.0 Å². The van der Waals surface area contributed by atoms with Crippen molar-refractivity contribution >= 4 is 5.82 Å². The fourth-order valence-corrected chi connectivity index (χ4v) is 1.39. The number of nitrogen functional groups attached to an aromatic ring is 1. The normalized spacial score (nSPS) is 10.3. The summed E-state index contributed by atoms with van der Waals surface area (Å²) in [5.41, 5.74) is 7.33. The lowest BCUT2D eigenvalue weighted by Gasteiger charge is -2.01. The average Bonchev–Trinajstić information content (AvgIpc) is 2.59. The molecule has 0 aliphatic heterocycles. The van der Waals surface area contributed by atoms with Crippen molar-refractivity contribution in [3.05, 3.63) is 24.1 Å². The van der Waals surface area contributed by atoms with Crippen LogP contribution in [-0.2, 0) is 0 Å². The van der Waals surface area contributed by atoms with Gasteiger partial charge in [0.05, 0.1) is 12.7 Å². The summed E-state index contributed by atoms with van der Waals surface area (Å²) >= 11 is 0. The fraction of sp³-hybridized carbons (Fsp3) is 0.200. The second-order valence-electron chi connectivity index (χ2n) is 3.09. The van der Waals surface area contributed by atoms with Crippen LogP contribution >= 0.6 is 0 Å². The van der Waals surface area contributed by atoms with Crippen LogP contribution in [0.15, 0.2) is 22.9 Å². The molecule has 0 saturated carbocycles. The molecule has 2 N–H and O–H groups in total. The Kier molecular flexibility index (Phi) is 2.29. The highest BCUT2D eigenvalue weighted by Crippen LogP contribution is 2.28. The molecule has 0 fully saturated rings. The Balaban J connectivity index is 2.45. The number of hydrogen-bond donors (Lipinski definition) is 1. The number of aromatic nitrogens is 2. The predicted octanol–water partition coefficient (Wildman–Crippen LogP) is 1.64. The Morgan fingerprint density at radius 3 is 2.67 bits per heavy atom. The van der Waals surface area contributed by atoms with E-state index < -0.39 is 0 Å². The highest BCUT2D eigenvalue weighted by molar-refractivity contribution is 5.74. The molecule has 78 valence electrons. The van der Waals surface area contributed by atoms with E-state index in [0.717, 1.165) is 11.1 Å². The number of anilines is 1. The van der Waals surface area contributed by atoms with Gasteiger partial charge in [0, 0.05) is 17.8 Å². The molecular formula is C10H11N3O2. The van der Waals surface area contributed by atoms with E-state index in [-0.39, 0.29) is 0 Å². The van der Waals surface area contributed by atoms with E-state index in [1.165, 1.54) is 0 Å². The zero-order chi connectivity index (χ0) is 10.8. The Hall–Kier alpha value is -2.04. The molecule has 5 nitrogen and oxygen atoms in total. The molecule has 15 heavy (non-hydrogen) atoms. The summed E-state index contributed by atoms with van der Waals surface area (Å²) in [5.74, 6) is 1.62. The number of methoxy groups -OCH3 is 1. The molecule has 0 aromatic carbocycles. The first kappa shape index (κ1) is 9.51. The van der Waals surface area contributed by atoms with Crippen LogP contribution in [0.2, 0.25) is 0 Å². The summed E-state index contributed by atoms with van der Waals surface area (Å²) in [7, 11) is 1.57. The number of rotatable bonds is 2. The van der Waals surface area contributed by atoms with Crippen molar-refractivity contribution in [2.24, 2.45) is 0 Å². The van der Waals surface area contributed by atoms with Crippen LogP contribution in [0.4, 0.5) is 5.82 Å². The van der Waals surface area contributed by atoms with Crippen molar-refractivity contribution in [3.63, 3.8) is 0 Å². The van der Waals surface area contributed by atoms with Gasteiger partial charge in [-0.1, -0.05) is 5.16 Å². The molecule has 0 aliphatic rings. The second kappa shape index (κ2) is 3.61. The van der Waals surface area contributed by atoms with E-state index in [9.17, 15) is 0 Å². The Labute approximate surface area is 86.9 Å². The van der Waals surface area contributed by atoms with Gasteiger partial charge in [0.1, 0.15) is 5.76 Å². The van der Waals surface area contributed by atoms with E-state index in [1.807, 2.05) is 13.0 Å². The molecule has 0 radical (unpaired) electrons. The number of pyridine rings is 1. The van der Waals surface area contributed by atoms with Gasteiger partial charge in [0.25, 0.3) is 0 Å². The smallest absolute Gasteiger partial charge is 0.212 e. The van der Waals surface area contributed by atoms with E-state index in [2.05, 4.69) is 10.1 Å². The minimum atomic E-state index is 0.375. The van der Waals surface area contributed by atoms with Crippen molar-refractivity contribution < 1.29 is 9.26 Å². The lowest BCUT2D eigenvalue weighted by atomic mass is 10.1. The van der Waals surface area contributed by atoms with E-state index in [1.54, 1.807) is 19.4 Å². The Morgan fingerprint density at radius 1 is 1.40 bits per heavy atom. The second-order valence-corrected chi connectivity index (χ2v) is 3.09. The first-order valence-corrected chi connectivity index (χ1v) is 4.44. The molecule has 5 heteroatoms. The summed E-state index contributed by atoms with van der Waals surface area (Å²) in [6, 6.07) is 3.63. The van der Waals surface area contributed by atoms with Gasteiger partial charge < -0.3 is 15.0 Å². The summed E-state index contributed by atoms with van der Waals surface area (Å²) in [5, 5.41) is 3.68. The molecule has 2 aromatic rings. The first-order chi connectivity index (χ1) is 7.22. The zero-order valence-corrected chi connectivity index (χ0v) is 8.52. The lowest BCUT2D eigenvalue weighted by molar-refractivity contribution is 0.397. The number of nitrogens with zero attached hydrogens (tertiary/aromatic N) is 2. The highest BCUT2D eigenvalue weighted by atomic mass is 16.5. The number of ether oxygens (including phenoxy) is 1. The zero-order valence-electron chi connectivity index (χ0n) is 8.52. The van der Waals surface area contributed by atoms with Gasteiger partial charge in [0.2, 0.25) is 5.88 Å². The Morgan fingerprint density at radius 2 is 2.20 bits per heavy atom. The van der Waals surface area contributed by atoms with Gasteiger partial charge in [-0.25, -0.2) is 4.98 Å². The lowest BCUT2D eigenvalue weighted by Crippen LogP contribution is -1.91. The molecule has 2 heterocycles. The third-order valence-electron chi connectivity index (χ3n) is 2.12. The van der Waals surface area contributed by atoms with Crippen LogP contribution < -0.4 is 10.5 Å². The van der Waals surface area contributed by atoms with Gasteiger partial charge in [-0.2, -0.15) is 0 Å². The van der Waals surface area contributed by atoms with Crippen LogP contribution in [0.5, 0.6) is 5.88 Å². The van der Waals surface area contributed by atoms with Crippen molar-refractivity contribution in [1.82, 2.24) is 10.1 Å². The molecule has 0 amide bonds. The largest absolute Gasteiger partial charge is 0.481 e. The Bertz CT molecular complexity index is 443. The molecule has 0 aliphatic carbocycles. The first-order valence-electron chi connectivity index (χ1n) is 4.44. The van der Waals surface area contributed by atoms with Crippen molar-refractivity contribution in [2.75, 3.05) is 12.8 Å². The monoisotopic (exact) mass is 205 g/mol.